The summed E-state index contributed by atoms with van der Waals surface area (Å²) in [6, 6.07) is 8.45. The standard InChI is InChI=1S/C15H23BrN2/c1-3-15(11-17,13-8-9-13)18(2)10-12-6-4-5-7-14(12)16/h4-7,13H,3,8-11,17H2,1-2H3. The summed E-state index contributed by atoms with van der Waals surface area (Å²) < 4.78 is 1.19. The number of benzene rings is 1. The van der Waals surface area contributed by atoms with Crippen molar-refractivity contribution in [2.75, 3.05) is 13.6 Å². The second kappa shape index (κ2) is 5.72. The van der Waals surface area contributed by atoms with E-state index >= 15 is 0 Å². The lowest BCUT2D eigenvalue weighted by molar-refractivity contribution is 0.0889. The fraction of sp³-hybridized carbons (Fsp3) is 0.600. The van der Waals surface area contributed by atoms with Gasteiger partial charge in [0.05, 0.1) is 0 Å². The quantitative estimate of drug-likeness (QED) is 0.872. The Morgan fingerprint density at radius 1 is 1.39 bits per heavy atom. The first-order chi connectivity index (χ1) is 8.64. The minimum Gasteiger partial charge on any atom is -0.329 e. The molecule has 1 aliphatic carbocycles. The van der Waals surface area contributed by atoms with Gasteiger partial charge in [-0.3, -0.25) is 4.90 Å². The molecule has 2 nitrogen and oxygen atoms in total. The van der Waals surface area contributed by atoms with Crippen LogP contribution >= 0.6 is 15.9 Å². The lowest BCUT2D eigenvalue weighted by Gasteiger charge is -2.41. The molecule has 0 saturated heterocycles. The third-order valence-corrected chi connectivity index (χ3v) is 5.20. The maximum atomic E-state index is 6.10. The van der Waals surface area contributed by atoms with Crippen LogP contribution < -0.4 is 5.73 Å². The van der Waals surface area contributed by atoms with E-state index in [1.807, 2.05) is 0 Å². The Bertz CT molecular complexity index is 397. The van der Waals surface area contributed by atoms with Crippen LogP contribution in [0, 0.1) is 5.92 Å². The van der Waals surface area contributed by atoms with E-state index in [2.05, 4.69) is 59.1 Å². The van der Waals surface area contributed by atoms with Crippen molar-refractivity contribution in [3.8, 4) is 0 Å². The van der Waals surface area contributed by atoms with Crippen molar-refractivity contribution in [1.82, 2.24) is 4.90 Å². The molecule has 2 N–H and O–H groups in total. The first kappa shape index (κ1) is 14.0. The fourth-order valence-corrected chi connectivity index (χ4v) is 3.41. The van der Waals surface area contributed by atoms with Crippen LogP contribution in [0.3, 0.4) is 0 Å². The van der Waals surface area contributed by atoms with Gasteiger partial charge in [-0.15, -0.1) is 0 Å². The Kier molecular flexibility index (Phi) is 4.46. The topological polar surface area (TPSA) is 29.3 Å². The van der Waals surface area contributed by atoms with Crippen LogP contribution in [-0.2, 0) is 6.54 Å². The number of rotatable bonds is 6. The summed E-state index contributed by atoms with van der Waals surface area (Å²) in [6.45, 7) is 3.99. The minimum absolute atomic E-state index is 0.190. The van der Waals surface area contributed by atoms with Crippen molar-refractivity contribution in [3.05, 3.63) is 34.3 Å². The number of nitrogens with two attached hydrogens (primary N) is 1. The van der Waals surface area contributed by atoms with Crippen molar-refractivity contribution in [2.24, 2.45) is 11.7 Å². The molecule has 2 rings (SSSR count). The molecular weight excluding hydrogens is 288 g/mol. The smallest absolute Gasteiger partial charge is 0.0357 e. The molecule has 1 fully saturated rings. The molecule has 3 heteroatoms. The van der Waals surface area contributed by atoms with Crippen LogP contribution in [0.5, 0.6) is 0 Å². The van der Waals surface area contributed by atoms with E-state index in [4.69, 9.17) is 5.73 Å². The van der Waals surface area contributed by atoms with Gasteiger partial charge in [-0.2, -0.15) is 0 Å². The summed E-state index contributed by atoms with van der Waals surface area (Å²) in [5.41, 5.74) is 7.63. The molecule has 18 heavy (non-hydrogen) atoms. The highest BCUT2D eigenvalue weighted by Gasteiger charge is 2.45. The molecule has 0 spiro atoms. The summed E-state index contributed by atoms with van der Waals surface area (Å²) in [7, 11) is 2.22. The third-order valence-electron chi connectivity index (χ3n) is 4.43. The molecule has 0 radical (unpaired) electrons. The van der Waals surface area contributed by atoms with E-state index in [-0.39, 0.29) is 5.54 Å². The van der Waals surface area contributed by atoms with Crippen LogP contribution in [-0.4, -0.2) is 24.0 Å². The summed E-state index contributed by atoms with van der Waals surface area (Å²) in [6.07, 6.45) is 3.81. The van der Waals surface area contributed by atoms with E-state index < -0.39 is 0 Å². The molecule has 1 saturated carbocycles. The van der Waals surface area contributed by atoms with Crippen molar-refractivity contribution < 1.29 is 0 Å². The first-order valence-electron chi connectivity index (χ1n) is 6.78. The van der Waals surface area contributed by atoms with Gasteiger partial charge >= 0.3 is 0 Å². The molecule has 0 aromatic heterocycles. The van der Waals surface area contributed by atoms with Crippen LogP contribution in [0.2, 0.25) is 0 Å². The van der Waals surface area contributed by atoms with Gasteiger partial charge in [0.25, 0.3) is 0 Å². The summed E-state index contributed by atoms with van der Waals surface area (Å²) in [5.74, 6) is 0.792. The predicted octanol–water partition coefficient (Wildman–Crippen LogP) is 3.40. The van der Waals surface area contributed by atoms with Crippen LogP contribution in [0.15, 0.2) is 28.7 Å². The summed E-state index contributed by atoms with van der Waals surface area (Å²) >= 11 is 3.63. The number of nitrogens with zero attached hydrogens (tertiary/aromatic N) is 1. The normalized spacial score (nSPS) is 18.9. The van der Waals surface area contributed by atoms with Gasteiger partial charge in [0, 0.05) is 23.1 Å². The number of hydrogen-bond donors (Lipinski definition) is 1. The molecule has 1 aliphatic rings. The summed E-state index contributed by atoms with van der Waals surface area (Å²) in [5, 5.41) is 0. The van der Waals surface area contributed by atoms with Gasteiger partial charge in [0.1, 0.15) is 0 Å². The van der Waals surface area contributed by atoms with Crippen LogP contribution in [0.1, 0.15) is 31.7 Å². The van der Waals surface area contributed by atoms with Crippen molar-refractivity contribution >= 4 is 15.9 Å². The highest BCUT2D eigenvalue weighted by atomic mass is 79.9. The second-order valence-electron chi connectivity index (χ2n) is 5.38. The Morgan fingerprint density at radius 2 is 2.06 bits per heavy atom. The molecule has 1 aromatic rings. The van der Waals surface area contributed by atoms with Crippen molar-refractivity contribution in [3.63, 3.8) is 0 Å². The molecule has 100 valence electrons. The maximum absolute atomic E-state index is 6.10. The Labute approximate surface area is 119 Å². The van der Waals surface area contributed by atoms with Gasteiger partial charge < -0.3 is 5.73 Å². The van der Waals surface area contributed by atoms with Crippen LogP contribution in [0.25, 0.3) is 0 Å². The molecule has 0 aliphatic heterocycles. The lowest BCUT2D eigenvalue weighted by atomic mass is 9.88. The zero-order chi connectivity index (χ0) is 13.2. The fourth-order valence-electron chi connectivity index (χ4n) is 3.00. The highest BCUT2D eigenvalue weighted by Crippen LogP contribution is 2.44. The van der Waals surface area contributed by atoms with E-state index in [0.717, 1.165) is 25.4 Å². The lowest BCUT2D eigenvalue weighted by Crippen LogP contribution is -2.53. The Balaban J connectivity index is 2.15. The van der Waals surface area contributed by atoms with Gasteiger partial charge in [-0.1, -0.05) is 41.1 Å². The van der Waals surface area contributed by atoms with Gasteiger partial charge in [-0.05, 0) is 43.9 Å². The molecular formula is C15H23BrN2. The molecule has 1 aromatic carbocycles. The summed E-state index contributed by atoms with van der Waals surface area (Å²) in [4.78, 5) is 2.46. The molecule has 0 heterocycles. The molecule has 0 bridgehead atoms. The molecule has 0 amide bonds. The number of hydrogen-bond acceptors (Lipinski definition) is 2. The monoisotopic (exact) mass is 310 g/mol. The predicted molar refractivity (Wildman–Crippen MR) is 80.4 cm³/mol. The first-order valence-corrected chi connectivity index (χ1v) is 7.58. The zero-order valence-electron chi connectivity index (χ0n) is 11.3. The maximum Gasteiger partial charge on any atom is 0.0357 e. The molecule has 1 atom stereocenters. The van der Waals surface area contributed by atoms with Gasteiger partial charge in [-0.25, -0.2) is 0 Å². The third kappa shape index (κ3) is 2.63. The van der Waals surface area contributed by atoms with Crippen LogP contribution in [0.4, 0.5) is 0 Å². The Hall–Kier alpha value is -0.380. The van der Waals surface area contributed by atoms with E-state index in [1.54, 1.807) is 0 Å². The molecule has 1 unspecified atom stereocenters. The SMILES string of the molecule is CCC(CN)(C1CC1)N(C)Cc1ccccc1Br. The largest absolute Gasteiger partial charge is 0.329 e. The van der Waals surface area contributed by atoms with Gasteiger partial charge in [0.15, 0.2) is 0 Å². The van der Waals surface area contributed by atoms with E-state index in [9.17, 15) is 0 Å². The van der Waals surface area contributed by atoms with Gasteiger partial charge in [0.2, 0.25) is 0 Å². The number of likely N-dealkylation sites (N-methyl/N-ethyl adjacent to an activating group) is 1. The average Bonchev–Trinajstić information content (AvgIpc) is 3.19. The number of halogens is 1. The zero-order valence-corrected chi connectivity index (χ0v) is 12.9. The second-order valence-corrected chi connectivity index (χ2v) is 6.24. The highest BCUT2D eigenvalue weighted by molar-refractivity contribution is 9.10. The minimum atomic E-state index is 0.190. The van der Waals surface area contributed by atoms with Crippen molar-refractivity contribution in [2.45, 2.75) is 38.3 Å². The van der Waals surface area contributed by atoms with Crippen molar-refractivity contribution in [1.29, 1.82) is 0 Å². The average molecular weight is 311 g/mol. The van der Waals surface area contributed by atoms with E-state index in [1.165, 1.54) is 22.9 Å². The van der Waals surface area contributed by atoms with E-state index in [0.29, 0.717) is 0 Å². The Morgan fingerprint density at radius 3 is 2.56 bits per heavy atom.